The number of nitrogens with one attached hydrogen (secondary N) is 2. The Bertz CT molecular complexity index is 718. The van der Waals surface area contributed by atoms with E-state index in [1.807, 2.05) is 0 Å². The highest BCUT2D eigenvalue weighted by Gasteiger charge is 2.29. The van der Waals surface area contributed by atoms with Gasteiger partial charge >= 0.3 is 0 Å². The average Bonchev–Trinajstić information content (AvgIpc) is 2.63. The zero-order chi connectivity index (χ0) is 17.9. The lowest BCUT2D eigenvalue weighted by atomic mass is 9.85. The molecule has 2 unspecified atom stereocenters. The molecule has 2 atom stereocenters. The smallest absolute Gasteiger partial charge is 0.264 e. The van der Waals surface area contributed by atoms with E-state index in [-0.39, 0.29) is 4.90 Å². The first-order valence-electron chi connectivity index (χ1n) is 8.69. The summed E-state index contributed by atoms with van der Waals surface area (Å²) in [5.41, 5.74) is 0. The second-order valence-corrected chi connectivity index (χ2v) is 8.36. The molecule has 1 aliphatic carbocycles. The van der Waals surface area contributed by atoms with Gasteiger partial charge < -0.3 is 10.1 Å². The number of sulfonamides is 1. The van der Waals surface area contributed by atoms with Crippen LogP contribution in [-0.4, -0.2) is 45.8 Å². The van der Waals surface area contributed by atoms with E-state index in [9.17, 15) is 8.42 Å². The van der Waals surface area contributed by atoms with Gasteiger partial charge in [0.1, 0.15) is 5.75 Å². The molecular weight excluding hydrogens is 340 g/mol. The maximum absolute atomic E-state index is 12.4. The summed E-state index contributed by atoms with van der Waals surface area (Å²) in [6.45, 7) is 3.41. The summed E-state index contributed by atoms with van der Waals surface area (Å²) < 4.78 is 32.5. The highest BCUT2D eigenvalue weighted by Crippen LogP contribution is 2.28. The van der Waals surface area contributed by atoms with Crippen LogP contribution in [0.25, 0.3) is 0 Å². The number of aliphatic imine (C=N–C) groups is 1. The Labute approximate surface area is 149 Å². The first-order chi connectivity index (χ1) is 12.0. The van der Waals surface area contributed by atoms with E-state index in [0.717, 1.165) is 0 Å². The van der Waals surface area contributed by atoms with Gasteiger partial charge in [0.05, 0.1) is 25.3 Å². The molecule has 1 fully saturated rings. The van der Waals surface area contributed by atoms with Gasteiger partial charge in [0.15, 0.2) is 0 Å². The summed E-state index contributed by atoms with van der Waals surface area (Å²) in [7, 11) is -2.11. The third-order valence-corrected chi connectivity index (χ3v) is 6.35. The summed E-state index contributed by atoms with van der Waals surface area (Å²) >= 11 is 0. The Morgan fingerprint density at radius 1 is 1.24 bits per heavy atom. The molecule has 0 aromatic heterocycles. The van der Waals surface area contributed by atoms with E-state index >= 15 is 0 Å². The number of hydrogen-bond donors (Lipinski definition) is 2. The van der Waals surface area contributed by atoms with E-state index in [0.29, 0.717) is 37.0 Å². The van der Waals surface area contributed by atoms with Gasteiger partial charge in [-0.15, -0.1) is 0 Å². The first-order valence-corrected chi connectivity index (χ1v) is 10.2. The fourth-order valence-electron chi connectivity index (χ4n) is 3.51. The molecule has 2 aliphatic rings. The van der Waals surface area contributed by atoms with Crippen LogP contribution >= 0.6 is 0 Å². The van der Waals surface area contributed by atoms with E-state index in [4.69, 9.17) is 4.74 Å². The van der Waals surface area contributed by atoms with Crippen molar-refractivity contribution in [2.45, 2.75) is 43.5 Å². The van der Waals surface area contributed by atoms with Gasteiger partial charge in [-0.2, -0.15) is 0 Å². The summed E-state index contributed by atoms with van der Waals surface area (Å²) in [4.78, 5) is 6.85. The summed E-state index contributed by atoms with van der Waals surface area (Å²) in [6, 6.07) is 6.79. The Balaban J connectivity index is 1.63. The van der Waals surface area contributed by atoms with Crippen LogP contribution in [0.1, 0.15) is 32.6 Å². The molecule has 2 N–H and O–H groups in total. The standard InChI is InChI=1S/C17H26N4O3S/c1-13-5-3-4-6-16(13)21-11-18-17(19-12-21)20-25(22,23)15-9-7-14(24-2)8-10-15/h7-10,13,16H,3-6,11-12H2,1-2H3,(H2,18,19,20). The number of ether oxygens (including phenoxy) is 1. The Kier molecular flexibility index (Phi) is 5.48. The number of rotatable bonds is 4. The Hall–Kier alpha value is -1.80. The largest absolute Gasteiger partial charge is 0.497 e. The molecule has 1 heterocycles. The van der Waals surface area contributed by atoms with E-state index < -0.39 is 10.0 Å². The third kappa shape index (κ3) is 4.24. The molecule has 0 spiro atoms. The van der Waals surface area contributed by atoms with Crippen molar-refractivity contribution >= 4 is 16.0 Å². The van der Waals surface area contributed by atoms with Crippen molar-refractivity contribution in [1.82, 2.24) is 14.9 Å². The second kappa shape index (κ2) is 7.61. The zero-order valence-corrected chi connectivity index (χ0v) is 15.6. The maximum Gasteiger partial charge on any atom is 0.264 e. The SMILES string of the molecule is COc1ccc(S(=O)(=O)NC2=NCN(C3CCCCC3C)CN2)cc1. The molecule has 3 rings (SSSR count). The van der Waals surface area contributed by atoms with Crippen LogP contribution in [0, 0.1) is 5.92 Å². The van der Waals surface area contributed by atoms with Crippen molar-refractivity contribution in [3.8, 4) is 5.75 Å². The summed E-state index contributed by atoms with van der Waals surface area (Å²) in [5.74, 6) is 1.57. The molecule has 8 heteroatoms. The predicted octanol–water partition coefficient (Wildman–Crippen LogP) is 1.73. The van der Waals surface area contributed by atoms with E-state index in [1.165, 1.54) is 37.8 Å². The van der Waals surface area contributed by atoms with Gasteiger partial charge in [-0.05, 0) is 43.0 Å². The molecule has 0 radical (unpaired) electrons. The van der Waals surface area contributed by atoms with Crippen molar-refractivity contribution < 1.29 is 13.2 Å². The monoisotopic (exact) mass is 366 g/mol. The molecule has 138 valence electrons. The molecule has 1 aromatic carbocycles. The summed E-state index contributed by atoms with van der Waals surface area (Å²) in [5, 5.41) is 3.10. The number of methoxy groups -OCH3 is 1. The van der Waals surface area contributed by atoms with Crippen molar-refractivity contribution in [3.63, 3.8) is 0 Å². The molecule has 0 saturated heterocycles. The van der Waals surface area contributed by atoms with E-state index in [1.54, 1.807) is 19.2 Å². The van der Waals surface area contributed by atoms with Crippen LogP contribution < -0.4 is 14.8 Å². The number of benzene rings is 1. The molecule has 7 nitrogen and oxygen atoms in total. The fourth-order valence-corrected chi connectivity index (χ4v) is 4.52. The minimum Gasteiger partial charge on any atom is -0.497 e. The highest BCUT2D eigenvalue weighted by molar-refractivity contribution is 7.90. The number of nitrogens with zero attached hydrogens (tertiary/aromatic N) is 2. The minimum absolute atomic E-state index is 0.182. The van der Waals surface area contributed by atoms with Crippen molar-refractivity contribution in [3.05, 3.63) is 24.3 Å². The molecular formula is C17H26N4O3S. The maximum atomic E-state index is 12.4. The number of hydrogen-bond acceptors (Lipinski definition) is 6. The normalized spacial score (nSPS) is 25.0. The first kappa shape index (κ1) is 18.0. The van der Waals surface area contributed by atoms with Crippen LogP contribution in [0.5, 0.6) is 5.75 Å². The quantitative estimate of drug-likeness (QED) is 0.848. The minimum atomic E-state index is -3.66. The van der Waals surface area contributed by atoms with Crippen LogP contribution in [-0.2, 0) is 10.0 Å². The van der Waals surface area contributed by atoms with Gasteiger partial charge in [0, 0.05) is 6.04 Å². The van der Waals surface area contributed by atoms with Gasteiger partial charge in [-0.3, -0.25) is 4.90 Å². The van der Waals surface area contributed by atoms with Crippen LogP contribution in [0.2, 0.25) is 0 Å². The molecule has 0 bridgehead atoms. The van der Waals surface area contributed by atoms with Crippen molar-refractivity contribution in [1.29, 1.82) is 0 Å². The predicted molar refractivity (Wildman–Crippen MR) is 96.9 cm³/mol. The lowest BCUT2D eigenvalue weighted by Gasteiger charge is -2.39. The average molecular weight is 366 g/mol. The summed E-state index contributed by atoms with van der Waals surface area (Å²) in [6.07, 6.45) is 4.99. The van der Waals surface area contributed by atoms with Crippen molar-refractivity contribution in [2.24, 2.45) is 10.9 Å². The van der Waals surface area contributed by atoms with Gasteiger partial charge in [-0.25, -0.2) is 18.1 Å². The molecule has 25 heavy (non-hydrogen) atoms. The lowest BCUT2D eigenvalue weighted by molar-refractivity contribution is 0.106. The number of guanidine groups is 1. The Morgan fingerprint density at radius 3 is 2.56 bits per heavy atom. The molecule has 1 aromatic rings. The third-order valence-electron chi connectivity index (χ3n) is 5.00. The zero-order valence-electron chi connectivity index (χ0n) is 14.7. The van der Waals surface area contributed by atoms with Gasteiger partial charge in [0.25, 0.3) is 10.0 Å². The highest BCUT2D eigenvalue weighted by atomic mass is 32.2. The van der Waals surface area contributed by atoms with Crippen LogP contribution in [0.15, 0.2) is 34.2 Å². The fraction of sp³-hybridized carbons (Fsp3) is 0.588. The van der Waals surface area contributed by atoms with E-state index in [2.05, 4.69) is 26.9 Å². The molecule has 0 amide bonds. The van der Waals surface area contributed by atoms with Crippen LogP contribution in [0.3, 0.4) is 0 Å². The van der Waals surface area contributed by atoms with Gasteiger partial charge in [-0.1, -0.05) is 19.8 Å². The molecule has 1 saturated carbocycles. The van der Waals surface area contributed by atoms with Crippen LogP contribution in [0.4, 0.5) is 0 Å². The van der Waals surface area contributed by atoms with Crippen molar-refractivity contribution in [2.75, 3.05) is 20.4 Å². The topological polar surface area (TPSA) is 83.0 Å². The second-order valence-electron chi connectivity index (χ2n) is 6.68. The van der Waals surface area contributed by atoms with Gasteiger partial charge in [0.2, 0.25) is 5.96 Å². The Morgan fingerprint density at radius 2 is 1.96 bits per heavy atom. The lowest BCUT2D eigenvalue weighted by Crippen LogP contribution is -2.54. The molecule has 1 aliphatic heterocycles.